The fourth-order valence-electron chi connectivity index (χ4n) is 2.82. The number of para-hydroxylation sites is 1. The predicted octanol–water partition coefficient (Wildman–Crippen LogP) is 2.09. The first-order chi connectivity index (χ1) is 9.60. The summed E-state index contributed by atoms with van der Waals surface area (Å²) >= 11 is 0. The van der Waals surface area contributed by atoms with Crippen LogP contribution in [0.1, 0.15) is 32.6 Å². The molecule has 2 unspecified atom stereocenters. The Morgan fingerprint density at radius 3 is 2.90 bits per heavy atom. The van der Waals surface area contributed by atoms with Crippen LogP contribution in [0.2, 0.25) is 0 Å². The van der Waals surface area contributed by atoms with Crippen molar-refractivity contribution < 1.29 is 9.53 Å². The second-order valence-corrected chi connectivity index (χ2v) is 5.78. The maximum Gasteiger partial charge on any atom is 0.240 e. The molecule has 4 nitrogen and oxygen atoms in total. The van der Waals surface area contributed by atoms with Crippen molar-refractivity contribution in [3.63, 3.8) is 0 Å². The number of ether oxygens (including phenoxy) is 1. The molecular formula is C16H24N2O2. The van der Waals surface area contributed by atoms with Gasteiger partial charge in [0, 0.05) is 0 Å². The van der Waals surface area contributed by atoms with Crippen molar-refractivity contribution in [1.82, 2.24) is 5.32 Å². The summed E-state index contributed by atoms with van der Waals surface area (Å²) in [7, 11) is 0. The van der Waals surface area contributed by atoms with E-state index >= 15 is 0 Å². The summed E-state index contributed by atoms with van der Waals surface area (Å²) in [6.07, 6.45) is 3.76. The molecule has 1 fully saturated rings. The lowest BCUT2D eigenvalue weighted by molar-refractivity contribution is -0.128. The van der Waals surface area contributed by atoms with Crippen molar-refractivity contribution in [3.05, 3.63) is 30.3 Å². The van der Waals surface area contributed by atoms with Crippen molar-refractivity contribution in [2.75, 3.05) is 13.2 Å². The number of carbonyl (C=O) groups is 1. The number of nitrogens with one attached hydrogen (secondary N) is 1. The van der Waals surface area contributed by atoms with Crippen LogP contribution in [-0.2, 0) is 4.79 Å². The number of amides is 1. The quantitative estimate of drug-likeness (QED) is 0.809. The first-order valence-electron chi connectivity index (χ1n) is 7.35. The molecule has 4 heteroatoms. The molecule has 1 saturated carbocycles. The predicted molar refractivity (Wildman–Crippen MR) is 79.5 cm³/mol. The van der Waals surface area contributed by atoms with Gasteiger partial charge in [0.05, 0.1) is 12.1 Å². The van der Waals surface area contributed by atoms with Gasteiger partial charge in [0.1, 0.15) is 12.4 Å². The molecule has 1 aromatic rings. The van der Waals surface area contributed by atoms with Crippen LogP contribution in [0.25, 0.3) is 0 Å². The van der Waals surface area contributed by atoms with Crippen LogP contribution < -0.4 is 15.8 Å². The van der Waals surface area contributed by atoms with Crippen LogP contribution in [0.3, 0.4) is 0 Å². The Balaban J connectivity index is 1.72. The van der Waals surface area contributed by atoms with Crippen molar-refractivity contribution in [2.45, 2.75) is 38.1 Å². The molecule has 0 saturated heterocycles. The molecule has 110 valence electrons. The first-order valence-corrected chi connectivity index (χ1v) is 7.35. The van der Waals surface area contributed by atoms with Gasteiger partial charge >= 0.3 is 0 Å². The highest BCUT2D eigenvalue weighted by molar-refractivity contribution is 5.86. The SMILES string of the molecule is CC1CCCC(N)(C(=O)NCCOc2ccccc2)C1. The average molecular weight is 276 g/mol. The van der Waals surface area contributed by atoms with E-state index in [1.54, 1.807) is 0 Å². The third kappa shape index (κ3) is 3.97. The number of hydrogen-bond donors (Lipinski definition) is 2. The summed E-state index contributed by atoms with van der Waals surface area (Å²) in [5.74, 6) is 1.30. The van der Waals surface area contributed by atoms with Crippen LogP contribution in [0, 0.1) is 5.92 Å². The Hall–Kier alpha value is -1.55. The van der Waals surface area contributed by atoms with Gasteiger partial charge < -0.3 is 15.8 Å². The molecule has 0 bridgehead atoms. The molecule has 2 atom stereocenters. The zero-order valence-corrected chi connectivity index (χ0v) is 12.1. The highest BCUT2D eigenvalue weighted by Crippen LogP contribution is 2.30. The molecule has 0 aromatic heterocycles. The van der Waals surface area contributed by atoms with E-state index in [2.05, 4.69) is 12.2 Å². The second-order valence-electron chi connectivity index (χ2n) is 5.78. The monoisotopic (exact) mass is 276 g/mol. The van der Waals surface area contributed by atoms with Crippen LogP contribution in [0.4, 0.5) is 0 Å². The fourth-order valence-corrected chi connectivity index (χ4v) is 2.82. The Morgan fingerprint density at radius 1 is 1.45 bits per heavy atom. The normalized spacial score (nSPS) is 26.0. The zero-order valence-electron chi connectivity index (χ0n) is 12.1. The minimum atomic E-state index is -0.690. The average Bonchev–Trinajstić information content (AvgIpc) is 2.44. The number of hydrogen-bond acceptors (Lipinski definition) is 3. The van der Waals surface area contributed by atoms with Gasteiger partial charge in [-0.1, -0.05) is 38.0 Å². The smallest absolute Gasteiger partial charge is 0.240 e. The van der Waals surface area contributed by atoms with Gasteiger partial charge in [-0.3, -0.25) is 4.79 Å². The lowest BCUT2D eigenvalue weighted by Gasteiger charge is -2.35. The van der Waals surface area contributed by atoms with Crippen molar-refractivity contribution >= 4 is 5.91 Å². The van der Waals surface area contributed by atoms with Gasteiger partial charge in [-0.2, -0.15) is 0 Å². The van der Waals surface area contributed by atoms with Crippen LogP contribution >= 0.6 is 0 Å². The molecular weight excluding hydrogens is 252 g/mol. The lowest BCUT2D eigenvalue weighted by atomic mass is 9.76. The van der Waals surface area contributed by atoms with E-state index in [1.165, 1.54) is 6.42 Å². The molecule has 3 N–H and O–H groups in total. The largest absolute Gasteiger partial charge is 0.492 e. The number of carbonyl (C=O) groups excluding carboxylic acids is 1. The van der Waals surface area contributed by atoms with E-state index in [4.69, 9.17) is 10.5 Å². The van der Waals surface area contributed by atoms with Gasteiger partial charge in [0.2, 0.25) is 5.91 Å². The summed E-state index contributed by atoms with van der Waals surface area (Å²) in [5.41, 5.74) is 5.54. The molecule has 2 rings (SSSR count). The lowest BCUT2D eigenvalue weighted by Crippen LogP contribution is -2.56. The van der Waals surface area contributed by atoms with Crippen molar-refractivity contribution in [2.24, 2.45) is 11.7 Å². The Kier molecular flexibility index (Phi) is 5.01. The minimum Gasteiger partial charge on any atom is -0.492 e. The third-order valence-corrected chi connectivity index (χ3v) is 3.88. The summed E-state index contributed by atoms with van der Waals surface area (Å²) < 4.78 is 5.54. The molecule has 1 amide bonds. The summed E-state index contributed by atoms with van der Waals surface area (Å²) in [6.45, 7) is 3.11. The van der Waals surface area contributed by atoms with Crippen molar-refractivity contribution in [3.8, 4) is 5.75 Å². The van der Waals surface area contributed by atoms with E-state index in [0.717, 1.165) is 25.0 Å². The topological polar surface area (TPSA) is 64.4 Å². The van der Waals surface area contributed by atoms with E-state index in [1.807, 2.05) is 30.3 Å². The summed E-state index contributed by atoms with van der Waals surface area (Å²) in [6, 6.07) is 9.58. The van der Waals surface area contributed by atoms with E-state index in [9.17, 15) is 4.79 Å². The Labute approximate surface area is 120 Å². The minimum absolute atomic E-state index is 0.0410. The van der Waals surface area contributed by atoms with E-state index in [-0.39, 0.29) is 5.91 Å². The first kappa shape index (κ1) is 14.9. The standard InChI is InChI=1S/C16H24N2O2/c1-13-6-5-9-16(17,12-13)15(19)18-10-11-20-14-7-3-2-4-8-14/h2-4,7-8,13H,5-6,9-12,17H2,1H3,(H,18,19). The van der Waals surface area contributed by atoms with Crippen LogP contribution in [0.5, 0.6) is 5.75 Å². The number of nitrogens with two attached hydrogens (primary N) is 1. The van der Waals surface area contributed by atoms with Crippen LogP contribution in [0.15, 0.2) is 30.3 Å². The fraction of sp³-hybridized carbons (Fsp3) is 0.562. The Bertz CT molecular complexity index is 435. The van der Waals surface area contributed by atoms with Crippen molar-refractivity contribution in [1.29, 1.82) is 0 Å². The molecule has 20 heavy (non-hydrogen) atoms. The van der Waals surface area contributed by atoms with Gasteiger partial charge in [0.15, 0.2) is 0 Å². The summed E-state index contributed by atoms with van der Waals surface area (Å²) in [5, 5.41) is 2.89. The highest BCUT2D eigenvalue weighted by atomic mass is 16.5. The third-order valence-electron chi connectivity index (χ3n) is 3.88. The van der Waals surface area contributed by atoms with Gasteiger partial charge in [-0.25, -0.2) is 0 Å². The maximum absolute atomic E-state index is 12.2. The van der Waals surface area contributed by atoms with Crippen LogP contribution in [-0.4, -0.2) is 24.6 Å². The highest BCUT2D eigenvalue weighted by Gasteiger charge is 2.37. The molecule has 0 spiro atoms. The number of rotatable bonds is 5. The van der Waals surface area contributed by atoms with E-state index < -0.39 is 5.54 Å². The van der Waals surface area contributed by atoms with Gasteiger partial charge in [-0.05, 0) is 30.9 Å². The number of benzene rings is 1. The molecule has 1 aliphatic carbocycles. The van der Waals surface area contributed by atoms with E-state index in [0.29, 0.717) is 19.1 Å². The molecule has 0 aliphatic heterocycles. The molecule has 1 aromatic carbocycles. The van der Waals surface area contributed by atoms with Gasteiger partial charge in [-0.15, -0.1) is 0 Å². The maximum atomic E-state index is 12.2. The zero-order chi connectivity index (χ0) is 14.4. The summed E-state index contributed by atoms with van der Waals surface area (Å²) in [4.78, 5) is 12.2. The molecule has 0 heterocycles. The second kappa shape index (κ2) is 6.75. The molecule has 0 radical (unpaired) electrons. The van der Waals surface area contributed by atoms with Gasteiger partial charge in [0.25, 0.3) is 0 Å². The molecule has 1 aliphatic rings. The Morgan fingerprint density at radius 2 is 2.20 bits per heavy atom.